The third kappa shape index (κ3) is 2.96. The molecule has 16 heavy (non-hydrogen) atoms. The minimum Gasteiger partial charge on any atom is -0.315 e. The molecule has 84 valence electrons. The zero-order valence-electron chi connectivity index (χ0n) is 8.07. The van der Waals surface area contributed by atoms with Crippen LogP contribution >= 0.6 is 11.6 Å². The number of hydrogen-bond donors (Lipinski definition) is 2. The zero-order valence-corrected chi connectivity index (χ0v) is 8.82. The zero-order chi connectivity index (χ0) is 12.1. The van der Waals surface area contributed by atoms with E-state index in [4.69, 9.17) is 11.6 Å². The van der Waals surface area contributed by atoms with Gasteiger partial charge in [-0.05, 0) is 18.3 Å². The molecule has 0 aliphatic rings. The Balaban J connectivity index is 2.90. The van der Waals surface area contributed by atoms with Crippen LogP contribution in [0.15, 0.2) is 31.0 Å². The molecule has 0 fully saturated rings. The normalized spacial score (nSPS) is 9.31. The Kier molecular flexibility index (Phi) is 3.84. The van der Waals surface area contributed by atoms with E-state index in [0.717, 1.165) is 0 Å². The van der Waals surface area contributed by atoms with Crippen LogP contribution < -0.4 is 10.6 Å². The summed E-state index contributed by atoms with van der Waals surface area (Å²) in [6, 6.07) is 3.43. The molecule has 0 saturated carbocycles. The summed E-state index contributed by atoms with van der Waals surface area (Å²) in [4.78, 5) is 21.0. The van der Waals surface area contributed by atoms with Crippen LogP contribution in [0.3, 0.4) is 0 Å². The van der Waals surface area contributed by atoms with Crippen molar-refractivity contribution in [1.29, 1.82) is 0 Å². The van der Waals surface area contributed by atoms with Gasteiger partial charge in [0, 0.05) is 11.8 Å². The van der Waals surface area contributed by atoms with Crippen LogP contribution in [-0.4, -0.2) is 11.0 Å². The van der Waals surface area contributed by atoms with Crippen molar-refractivity contribution < 1.29 is 9.72 Å². The molecular formula is C9H8ClN3O3. The number of urea groups is 1. The molecule has 2 N–H and O–H groups in total. The minimum atomic E-state index is -0.626. The molecule has 6 nitrogen and oxygen atoms in total. The highest BCUT2D eigenvalue weighted by Crippen LogP contribution is 2.27. The molecule has 0 bridgehead atoms. The van der Waals surface area contributed by atoms with Gasteiger partial charge in [-0.15, -0.1) is 0 Å². The Hall–Kier alpha value is -2.08. The van der Waals surface area contributed by atoms with Gasteiger partial charge >= 0.3 is 6.03 Å². The van der Waals surface area contributed by atoms with E-state index in [2.05, 4.69) is 17.2 Å². The second-order valence-corrected chi connectivity index (χ2v) is 3.13. The molecule has 0 atom stereocenters. The summed E-state index contributed by atoms with van der Waals surface area (Å²) in [7, 11) is 0. The molecule has 7 heteroatoms. The first-order valence-corrected chi connectivity index (χ1v) is 4.54. The standard InChI is InChI=1S/C9H8ClN3O3/c1-2-11-9(14)12-6-3-4-7(10)8(5-6)13(15)16/h2-5H,1H2,(H2,11,12,14). The fraction of sp³-hybridized carbons (Fsp3) is 0. The average molecular weight is 242 g/mol. The van der Waals surface area contributed by atoms with Crippen molar-refractivity contribution in [2.45, 2.75) is 0 Å². The number of carbonyl (C=O) groups excluding carboxylic acids is 1. The van der Waals surface area contributed by atoms with E-state index in [-0.39, 0.29) is 16.4 Å². The van der Waals surface area contributed by atoms with Gasteiger partial charge in [0.1, 0.15) is 5.02 Å². The van der Waals surface area contributed by atoms with Gasteiger partial charge in [0.2, 0.25) is 0 Å². The van der Waals surface area contributed by atoms with Crippen molar-refractivity contribution in [3.8, 4) is 0 Å². The van der Waals surface area contributed by atoms with Gasteiger partial charge in [-0.25, -0.2) is 4.79 Å². The third-order valence-corrected chi connectivity index (χ3v) is 1.95. The Bertz CT molecular complexity index is 448. The molecular weight excluding hydrogens is 234 g/mol. The lowest BCUT2D eigenvalue weighted by molar-refractivity contribution is -0.384. The number of carbonyl (C=O) groups is 1. The molecule has 0 aromatic heterocycles. The number of nitro groups is 1. The first-order valence-electron chi connectivity index (χ1n) is 4.17. The lowest BCUT2D eigenvalue weighted by Gasteiger charge is -2.04. The second kappa shape index (κ2) is 5.13. The fourth-order valence-corrected chi connectivity index (χ4v) is 1.18. The number of amides is 2. The topological polar surface area (TPSA) is 84.3 Å². The predicted octanol–water partition coefficient (Wildman–Crippen LogP) is 2.51. The van der Waals surface area contributed by atoms with E-state index in [1.807, 2.05) is 0 Å². The quantitative estimate of drug-likeness (QED) is 0.630. The summed E-state index contributed by atoms with van der Waals surface area (Å²) >= 11 is 5.60. The summed E-state index contributed by atoms with van der Waals surface area (Å²) in [6.45, 7) is 3.30. The summed E-state index contributed by atoms with van der Waals surface area (Å²) < 4.78 is 0. The van der Waals surface area contributed by atoms with Gasteiger partial charge in [-0.2, -0.15) is 0 Å². The van der Waals surface area contributed by atoms with Crippen LogP contribution in [0.25, 0.3) is 0 Å². The number of halogens is 1. The van der Waals surface area contributed by atoms with Crippen LogP contribution in [0.5, 0.6) is 0 Å². The van der Waals surface area contributed by atoms with Crippen molar-refractivity contribution in [2.75, 3.05) is 5.32 Å². The Labute approximate surface area is 96.1 Å². The van der Waals surface area contributed by atoms with Crippen molar-refractivity contribution in [3.05, 3.63) is 46.1 Å². The number of hydrogen-bond acceptors (Lipinski definition) is 3. The number of nitrogens with zero attached hydrogens (tertiary/aromatic N) is 1. The maximum absolute atomic E-state index is 11.1. The lowest BCUT2D eigenvalue weighted by Crippen LogP contribution is -2.23. The van der Waals surface area contributed by atoms with Gasteiger partial charge < -0.3 is 10.6 Å². The summed E-state index contributed by atoms with van der Waals surface area (Å²) in [6.07, 6.45) is 1.19. The van der Waals surface area contributed by atoms with E-state index in [1.54, 1.807) is 0 Å². The summed E-state index contributed by atoms with van der Waals surface area (Å²) in [5.74, 6) is 0. The molecule has 1 rings (SSSR count). The van der Waals surface area contributed by atoms with E-state index >= 15 is 0 Å². The largest absolute Gasteiger partial charge is 0.323 e. The van der Waals surface area contributed by atoms with Gasteiger partial charge in [0.05, 0.1) is 4.92 Å². The summed E-state index contributed by atoms with van der Waals surface area (Å²) in [5.41, 5.74) is 0.00789. The average Bonchev–Trinajstić information content (AvgIpc) is 2.21. The molecule has 2 amide bonds. The molecule has 0 spiro atoms. The van der Waals surface area contributed by atoms with Gasteiger partial charge in [-0.3, -0.25) is 10.1 Å². The highest BCUT2D eigenvalue weighted by atomic mass is 35.5. The Morgan fingerprint density at radius 2 is 2.25 bits per heavy atom. The molecule has 1 aromatic carbocycles. The van der Waals surface area contributed by atoms with Crippen LogP contribution in [0.1, 0.15) is 0 Å². The summed E-state index contributed by atoms with van der Waals surface area (Å²) in [5, 5.41) is 15.2. The molecule has 0 unspecified atom stereocenters. The van der Waals surface area contributed by atoms with Crippen molar-refractivity contribution in [2.24, 2.45) is 0 Å². The smallest absolute Gasteiger partial charge is 0.315 e. The molecule has 0 saturated heterocycles. The third-order valence-electron chi connectivity index (χ3n) is 1.63. The van der Waals surface area contributed by atoms with Crippen LogP contribution in [0.4, 0.5) is 16.2 Å². The molecule has 1 aromatic rings. The van der Waals surface area contributed by atoms with E-state index < -0.39 is 11.0 Å². The molecule has 0 aliphatic carbocycles. The highest BCUT2D eigenvalue weighted by molar-refractivity contribution is 6.32. The number of rotatable bonds is 3. The number of anilines is 1. The van der Waals surface area contributed by atoms with Gasteiger partial charge in [-0.1, -0.05) is 18.2 Å². The van der Waals surface area contributed by atoms with Gasteiger partial charge in [0.15, 0.2) is 0 Å². The monoisotopic (exact) mass is 241 g/mol. The van der Waals surface area contributed by atoms with Crippen molar-refractivity contribution >= 4 is 29.0 Å². The lowest BCUT2D eigenvalue weighted by atomic mass is 10.3. The van der Waals surface area contributed by atoms with Gasteiger partial charge in [0.25, 0.3) is 5.69 Å². The van der Waals surface area contributed by atoms with Crippen LogP contribution in [0, 0.1) is 10.1 Å². The fourth-order valence-electron chi connectivity index (χ4n) is 0.990. The highest BCUT2D eigenvalue weighted by Gasteiger charge is 2.13. The Morgan fingerprint density at radius 3 is 2.81 bits per heavy atom. The first kappa shape index (κ1) is 12.0. The maximum atomic E-state index is 11.1. The van der Waals surface area contributed by atoms with Crippen LogP contribution in [-0.2, 0) is 0 Å². The predicted molar refractivity (Wildman–Crippen MR) is 60.5 cm³/mol. The number of benzene rings is 1. The van der Waals surface area contributed by atoms with Crippen molar-refractivity contribution in [3.63, 3.8) is 0 Å². The number of nitro benzene ring substituents is 1. The minimum absolute atomic E-state index is 0.0136. The first-order chi connectivity index (χ1) is 7.54. The SMILES string of the molecule is C=CNC(=O)Nc1ccc(Cl)c([N+](=O)[O-])c1. The second-order valence-electron chi connectivity index (χ2n) is 2.73. The van der Waals surface area contributed by atoms with E-state index in [0.29, 0.717) is 0 Å². The molecule has 0 radical (unpaired) electrons. The Morgan fingerprint density at radius 1 is 1.56 bits per heavy atom. The molecule has 0 aliphatic heterocycles. The van der Waals surface area contributed by atoms with E-state index in [1.165, 1.54) is 24.4 Å². The maximum Gasteiger partial charge on any atom is 0.323 e. The van der Waals surface area contributed by atoms with Crippen LogP contribution in [0.2, 0.25) is 5.02 Å². The number of nitrogens with one attached hydrogen (secondary N) is 2. The molecule has 0 heterocycles. The van der Waals surface area contributed by atoms with Crippen molar-refractivity contribution in [1.82, 2.24) is 5.32 Å². The van der Waals surface area contributed by atoms with E-state index in [9.17, 15) is 14.9 Å².